The summed E-state index contributed by atoms with van der Waals surface area (Å²) < 4.78 is 4.68. The van der Waals surface area contributed by atoms with Crippen LogP contribution in [0, 0.1) is 5.92 Å². The van der Waals surface area contributed by atoms with Crippen molar-refractivity contribution in [2.24, 2.45) is 20.0 Å². The third kappa shape index (κ3) is 5.57. The number of allylic oxidation sites excluding steroid dienone is 2. The molecule has 2 aliphatic rings. The molecule has 0 N–H and O–H groups in total. The van der Waals surface area contributed by atoms with E-state index in [9.17, 15) is 0 Å². The maximum absolute atomic E-state index is 2.80. The van der Waals surface area contributed by atoms with Gasteiger partial charge >= 0.3 is 0 Å². The van der Waals surface area contributed by atoms with Crippen LogP contribution in [-0.4, -0.2) is 17.2 Å². The molecule has 0 spiro atoms. The molecule has 0 saturated carbocycles. The molecule has 2 aromatic heterocycles. The van der Waals surface area contributed by atoms with E-state index in [-0.39, 0.29) is 0 Å². The zero-order chi connectivity index (χ0) is 39.9. The first-order valence-electron chi connectivity index (χ1n) is 21.8. The van der Waals surface area contributed by atoms with Crippen LogP contribution in [0.1, 0.15) is 86.7 Å². The van der Waals surface area contributed by atoms with Gasteiger partial charge in [0.25, 0.3) is 0 Å². The number of aromatic nitrogens is 2. The van der Waals surface area contributed by atoms with Gasteiger partial charge < -0.3 is 9.13 Å². The highest BCUT2D eigenvalue weighted by Gasteiger charge is 2.51. The van der Waals surface area contributed by atoms with Crippen molar-refractivity contribution in [3.05, 3.63) is 155 Å². The van der Waals surface area contributed by atoms with Crippen LogP contribution in [0.15, 0.2) is 132 Å². The molecule has 8 aromatic rings. The van der Waals surface area contributed by atoms with E-state index in [0.29, 0.717) is 17.0 Å². The fraction of sp³-hybridized carbons (Fsp3) is 0.273. The van der Waals surface area contributed by atoms with Gasteiger partial charge in [-0.1, -0.05) is 167 Å². The van der Waals surface area contributed by atoms with Crippen molar-refractivity contribution < 1.29 is 0 Å². The number of para-hydroxylation sites is 2. The first-order chi connectivity index (χ1) is 28.2. The Morgan fingerprint density at radius 2 is 1.07 bits per heavy atom. The number of unbranched alkanes of at least 4 members (excludes halogenated alkanes) is 3. The molecule has 290 valence electrons. The summed E-state index contributed by atoms with van der Waals surface area (Å²) in [6.45, 7) is 12.5. The Morgan fingerprint density at radius 3 is 1.62 bits per heavy atom. The molecule has 0 amide bonds. The predicted molar refractivity (Wildman–Crippen MR) is 254 cm³/mol. The van der Waals surface area contributed by atoms with Crippen molar-refractivity contribution in [1.29, 1.82) is 0 Å². The number of hydrogen-bond donors (Lipinski definition) is 0. The monoisotopic (exact) mass is 772 g/mol. The van der Waals surface area contributed by atoms with Crippen molar-refractivity contribution in [1.82, 2.24) is 9.13 Å². The van der Waals surface area contributed by atoms with Crippen LogP contribution < -0.4 is 0 Å². The van der Waals surface area contributed by atoms with Gasteiger partial charge in [-0.05, 0) is 93.7 Å². The fourth-order valence-electron chi connectivity index (χ4n) is 11.7. The van der Waals surface area contributed by atoms with Crippen molar-refractivity contribution in [2.45, 2.75) is 77.1 Å². The molecule has 3 unspecified atom stereocenters. The summed E-state index contributed by atoms with van der Waals surface area (Å²) >= 11 is 0. The number of fused-ring (bicyclic) bond motifs is 8. The van der Waals surface area contributed by atoms with Gasteiger partial charge in [-0.3, -0.25) is 0 Å². The van der Waals surface area contributed by atoms with E-state index in [2.05, 4.69) is 191 Å². The van der Waals surface area contributed by atoms with Crippen molar-refractivity contribution in [2.75, 3.05) is 0 Å². The van der Waals surface area contributed by atoms with E-state index in [4.69, 9.17) is 0 Å². The quantitative estimate of drug-likeness (QED) is 0.0968. The highest BCUT2D eigenvalue weighted by Crippen LogP contribution is 2.57. The second-order valence-electron chi connectivity index (χ2n) is 18.1. The van der Waals surface area contributed by atoms with Crippen LogP contribution in [0.5, 0.6) is 0 Å². The van der Waals surface area contributed by atoms with E-state index < -0.39 is 8.07 Å². The molecule has 6 aromatic carbocycles. The van der Waals surface area contributed by atoms with Crippen LogP contribution in [0.25, 0.3) is 78.0 Å². The minimum Gasteiger partial charge on any atom is -0.344 e. The van der Waals surface area contributed by atoms with Gasteiger partial charge in [0, 0.05) is 68.8 Å². The van der Waals surface area contributed by atoms with Crippen molar-refractivity contribution in [3.63, 3.8) is 0 Å². The standard InChI is InChI=1S/C55H56N2Si/c1-8-9-10-15-30-58(7,54-36(4)31-46-39(20-16-22-43(46)54)37-26-28-52-48(32-37)41-18-11-13-24-50(41)56(52)5)55-44-23-17-21-40(47(44)34-45(55)35(2)3)38-27-29-53-49(33-38)42-19-12-14-25-51(42)57(53)6/h11-14,16-29,31-35,54-55H,8-10,15,30H2,1-7H3. The third-order valence-electron chi connectivity index (χ3n) is 14.4. The minimum absolute atomic E-state index is 0.458. The van der Waals surface area contributed by atoms with Gasteiger partial charge in [0.15, 0.2) is 0 Å². The summed E-state index contributed by atoms with van der Waals surface area (Å²) in [5.74, 6) is 0.470. The summed E-state index contributed by atoms with van der Waals surface area (Å²) in [6, 6.07) is 47.8. The summed E-state index contributed by atoms with van der Waals surface area (Å²) in [4.78, 5) is 0. The molecule has 3 atom stereocenters. The Bertz CT molecular complexity index is 2990. The Hall–Kier alpha value is -5.38. The molecule has 0 bridgehead atoms. The maximum Gasteiger partial charge on any atom is 0.0752 e. The number of rotatable bonds is 10. The lowest BCUT2D eigenvalue weighted by Crippen LogP contribution is -2.46. The SMILES string of the molecule is CCCCCC[Si](C)(C1C(C)=Cc2c(-c3ccc4c(c3)c3ccccc3n4C)cccc21)C1C(C(C)C)=Cc2c(-c3ccc4c(c3)c3ccccc3n4C)cccc21. The largest absolute Gasteiger partial charge is 0.344 e. The summed E-state index contributed by atoms with van der Waals surface area (Å²) in [5, 5.41) is 5.33. The highest BCUT2D eigenvalue weighted by atomic mass is 28.3. The zero-order valence-corrected chi connectivity index (χ0v) is 36.4. The normalized spacial score (nSPS) is 17.4. The lowest BCUT2D eigenvalue weighted by molar-refractivity contribution is 0.681. The number of hydrogen-bond acceptors (Lipinski definition) is 0. The highest BCUT2D eigenvalue weighted by molar-refractivity contribution is 6.83. The number of nitrogens with zero attached hydrogens (tertiary/aromatic N) is 2. The lowest BCUT2D eigenvalue weighted by atomic mass is 9.95. The molecule has 58 heavy (non-hydrogen) atoms. The Morgan fingerprint density at radius 1 is 0.552 bits per heavy atom. The second-order valence-corrected chi connectivity index (χ2v) is 22.8. The van der Waals surface area contributed by atoms with Crippen molar-refractivity contribution >= 4 is 63.8 Å². The van der Waals surface area contributed by atoms with Gasteiger partial charge in [-0.15, -0.1) is 0 Å². The molecule has 2 aliphatic carbocycles. The average molecular weight is 773 g/mol. The topological polar surface area (TPSA) is 9.86 Å². The molecular weight excluding hydrogens is 717 g/mol. The molecular formula is C55H56N2Si. The molecule has 0 saturated heterocycles. The van der Waals surface area contributed by atoms with E-state index in [0.717, 1.165) is 0 Å². The van der Waals surface area contributed by atoms with Crippen molar-refractivity contribution in [3.8, 4) is 22.3 Å². The van der Waals surface area contributed by atoms with Gasteiger partial charge in [-0.25, -0.2) is 0 Å². The summed E-state index contributed by atoms with van der Waals surface area (Å²) in [6.07, 6.45) is 10.4. The summed E-state index contributed by atoms with van der Waals surface area (Å²) in [5.41, 5.74) is 20.7. The second kappa shape index (κ2) is 14.2. The zero-order valence-electron chi connectivity index (χ0n) is 35.4. The summed E-state index contributed by atoms with van der Waals surface area (Å²) in [7, 11) is 2.22. The smallest absolute Gasteiger partial charge is 0.0752 e. The molecule has 0 radical (unpaired) electrons. The molecule has 3 heteroatoms. The van der Waals surface area contributed by atoms with Crippen LogP contribution in [0.3, 0.4) is 0 Å². The van der Waals surface area contributed by atoms with E-state index in [1.54, 1.807) is 22.3 Å². The van der Waals surface area contributed by atoms with Gasteiger partial charge in [-0.2, -0.15) is 0 Å². The van der Waals surface area contributed by atoms with Crippen LogP contribution in [0.2, 0.25) is 12.6 Å². The van der Waals surface area contributed by atoms with E-state index in [1.165, 1.54) is 109 Å². The van der Waals surface area contributed by atoms with Gasteiger partial charge in [0.05, 0.1) is 8.07 Å². The third-order valence-corrected chi connectivity index (χ3v) is 19.9. The molecule has 2 nitrogen and oxygen atoms in total. The first-order valence-corrected chi connectivity index (χ1v) is 24.7. The van der Waals surface area contributed by atoms with Crippen LogP contribution in [0.4, 0.5) is 0 Å². The predicted octanol–water partition coefficient (Wildman–Crippen LogP) is 15.4. The first kappa shape index (κ1) is 36.9. The molecule has 2 heterocycles. The Kier molecular flexibility index (Phi) is 9.02. The number of benzene rings is 6. The Balaban J connectivity index is 1.11. The lowest BCUT2D eigenvalue weighted by Gasteiger charge is -2.43. The molecule has 0 fully saturated rings. The Labute approximate surface area is 345 Å². The van der Waals surface area contributed by atoms with Crippen LogP contribution in [-0.2, 0) is 14.1 Å². The van der Waals surface area contributed by atoms with E-state index >= 15 is 0 Å². The maximum atomic E-state index is 2.80. The van der Waals surface area contributed by atoms with Gasteiger partial charge in [0.2, 0.25) is 0 Å². The number of aryl methyl sites for hydroxylation is 2. The fourth-order valence-corrected chi connectivity index (χ4v) is 17.8. The van der Waals surface area contributed by atoms with E-state index in [1.807, 2.05) is 0 Å². The van der Waals surface area contributed by atoms with Gasteiger partial charge in [0.1, 0.15) is 0 Å². The molecule has 10 rings (SSSR count). The minimum atomic E-state index is -2.17. The van der Waals surface area contributed by atoms with Crippen LogP contribution >= 0.6 is 0 Å². The molecule has 0 aliphatic heterocycles. The average Bonchev–Trinajstić information content (AvgIpc) is 3.97.